The molecule has 2 aromatic carbocycles. The lowest BCUT2D eigenvalue weighted by Crippen LogP contribution is -2.02. The van der Waals surface area contributed by atoms with Crippen LogP contribution in [0.1, 0.15) is 12.6 Å². The van der Waals surface area contributed by atoms with Gasteiger partial charge in [-0.05, 0) is 31.2 Å². The molecule has 0 atom stereocenters. The van der Waals surface area contributed by atoms with Gasteiger partial charge in [0.2, 0.25) is 0 Å². The fourth-order valence-electron chi connectivity index (χ4n) is 2.38. The molecule has 2 heterocycles. The second-order valence-corrected chi connectivity index (χ2v) is 5.18. The maximum atomic E-state index is 5.57. The van der Waals surface area contributed by atoms with Crippen LogP contribution in [0.25, 0.3) is 22.0 Å². The molecular formula is C18H14N4O. The van der Waals surface area contributed by atoms with E-state index in [0.717, 1.165) is 33.4 Å². The third kappa shape index (κ3) is 2.64. The van der Waals surface area contributed by atoms with E-state index in [1.54, 1.807) is 0 Å². The molecular weight excluding hydrogens is 288 g/mol. The quantitative estimate of drug-likeness (QED) is 0.455. The van der Waals surface area contributed by atoms with Crippen molar-refractivity contribution in [3.63, 3.8) is 0 Å². The molecule has 0 unspecified atom stereocenters. The minimum atomic E-state index is 0.367. The van der Waals surface area contributed by atoms with Gasteiger partial charge in [-0.15, -0.1) is 0 Å². The summed E-state index contributed by atoms with van der Waals surface area (Å²) in [5.74, 6) is 0. The Morgan fingerprint density at radius 1 is 0.913 bits per heavy atom. The second-order valence-electron chi connectivity index (χ2n) is 5.18. The predicted octanol–water partition coefficient (Wildman–Crippen LogP) is 4.21. The summed E-state index contributed by atoms with van der Waals surface area (Å²) in [6.45, 7) is 1.90. The number of oxazole rings is 1. The first-order chi connectivity index (χ1) is 11.3. The highest BCUT2D eigenvalue weighted by Gasteiger charge is 2.05. The summed E-state index contributed by atoms with van der Waals surface area (Å²) in [5, 5.41) is 5.42. The van der Waals surface area contributed by atoms with Crippen molar-refractivity contribution in [3.05, 3.63) is 66.4 Å². The average molecular weight is 302 g/mol. The molecule has 0 saturated heterocycles. The molecule has 112 valence electrons. The predicted molar refractivity (Wildman–Crippen MR) is 91.6 cm³/mol. The molecule has 0 amide bonds. The fraction of sp³-hybridized carbons (Fsp3) is 0.0556. The van der Waals surface area contributed by atoms with E-state index in [-0.39, 0.29) is 0 Å². The zero-order chi connectivity index (χ0) is 15.6. The molecule has 2 aromatic heterocycles. The van der Waals surface area contributed by atoms with E-state index < -0.39 is 0 Å². The van der Waals surface area contributed by atoms with Gasteiger partial charge < -0.3 is 4.42 Å². The number of pyridine rings is 1. The van der Waals surface area contributed by atoms with Crippen LogP contribution in [0.15, 0.2) is 70.2 Å². The molecule has 0 spiro atoms. The zero-order valence-electron chi connectivity index (χ0n) is 12.5. The SMILES string of the molecule is C/C(=N\Nc1nc2ccccc2o1)c1ccc2ccccc2n1. The molecule has 1 N–H and O–H groups in total. The molecule has 4 rings (SSSR count). The van der Waals surface area contributed by atoms with Crippen LogP contribution in [-0.4, -0.2) is 15.7 Å². The number of nitrogens with one attached hydrogen (secondary N) is 1. The van der Waals surface area contributed by atoms with Crippen molar-refractivity contribution in [2.45, 2.75) is 6.92 Å². The molecule has 5 nitrogen and oxygen atoms in total. The van der Waals surface area contributed by atoms with Crippen molar-refractivity contribution in [1.29, 1.82) is 0 Å². The first kappa shape index (κ1) is 13.5. The van der Waals surface area contributed by atoms with Crippen LogP contribution in [0.5, 0.6) is 0 Å². The Balaban J connectivity index is 1.61. The molecule has 0 aliphatic heterocycles. The van der Waals surface area contributed by atoms with Gasteiger partial charge in [-0.25, -0.2) is 10.4 Å². The van der Waals surface area contributed by atoms with E-state index in [4.69, 9.17) is 4.42 Å². The van der Waals surface area contributed by atoms with Gasteiger partial charge in [0.05, 0.1) is 16.9 Å². The van der Waals surface area contributed by atoms with E-state index in [1.807, 2.05) is 67.6 Å². The standard InChI is InChI=1S/C18H14N4O/c1-12(14-11-10-13-6-2-3-7-15(13)19-14)21-22-18-20-16-8-4-5-9-17(16)23-18/h2-11H,1H3,(H,20,22)/b21-12+. The Labute approximate surface area is 132 Å². The summed E-state index contributed by atoms with van der Waals surface area (Å²) in [7, 11) is 0. The number of rotatable bonds is 3. The van der Waals surface area contributed by atoms with E-state index in [9.17, 15) is 0 Å². The van der Waals surface area contributed by atoms with Gasteiger partial charge in [-0.1, -0.05) is 36.4 Å². The van der Waals surface area contributed by atoms with Gasteiger partial charge >= 0.3 is 6.01 Å². The number of hydrogen-bond acceptors (Lipinski definition) is 5. The number of para-hydroxylation sites is 3. The van der Waals surface area contributed by atoms with Crippen molar-refractivity contribution in [3.8, 4) is 0 Å². The normalized spacial score (nSPS) is 12.0. The number of hydrogen-bond donors (Lipinski definition) is 1. The molecule has 0 aliphatic rings. The van der Waals surface area contributed by atoms with Gasteiger partial charge in [0.15, 0.2) is 5.58 Å². The molecule has 0 saturated carbocycles. The highest BCUT2D eigenvalue weighted by molar-refractivity contribution is 5.99. The smallest absolute Gasteiger partial charge is 0.316 e. The van der Waals surface area contributed by atoms with Gasteiger partial charge in [0, 0.05) is 5.39 Å². The molecule has 0 aliphatic carbocycles. The van der Waals surface area contributed by atoms with Crippen LogP contribution in [0.2, 0.25) is 0 Å². The second kappa shape index (κ2) is 5.53. The van der Waals surface area contributed by atoms with Crippen molar-refractivity contribution < 1.29 is 4.42 Å². The average Bonchev–Trinajstić information content (AvgIpc) is 3.02. The Hall–Kier alpha value is -3.21. The maximum Gasteiger partial charge on any atom is 0.316 e. The number of aromatic nitrogens is 2. The summed E-state index contributed by atoms with van der Waals surface area (Å²) >= 11 is 0. The molecule has 5 heteroatoms. The van der Waals surface area contributed by atoms with Gasteiger partial charge in [0.1, 0.15) is 5.52 Å². The number of fused-ring (bicyclic) bond motifs is 2. The largest absolute Gasteiger partial charge is 0.422 e. The lowest BCUT2D eigenvalue weighted by Gasteiger charge is -2.02. The summed E-state index contributed by atoms with van der Waals surface area (Å²) in [6, 6.07) is 19.9. The zero-order valence-corrected chi connectivity index (χ0v) is 12.5. The highest BCUT2D eigenvalue weighted by Crippen LogP contribution is 2.18. The summed E-state index contributed by atoms with van der Waals surface area (Å²) in [4.78, 5) is 8.93. The number of anilines is 1. The summed E-state index contributed by atoms with van der Waals surface area (Å²) in [6.07, 6.45) is 0. The third-order valence-corrected chi connectivity index (χ3v) is 3.58. The Kier molecular flexibility index (Phi) is 3.24. The van der Waals surface area contributed by atoms with Gasteiger partial charge in [-0.3, -0.25) is 0 Å². The lowest BCUT2D eigenvalue weighted by molar-refractivity contribution is 0.617. The van der Waals surface area contributed by atoms with Crippen molar-refractivity contribution in [2.24, 2.45) is 5.10 Å². The van der Waals surface area contributed by atoms with Crippen molar-refractivity contribution >= 4 is 33.7 Å². The first-order valence-corrected chi connectivity index (χ1v) is 7.32. The summed E-state index contributed by atoms with van der Waals surface area (Å²) < 4.78 is 5.57. The molecule has 0 bridgehead atoms. The molecule has 0 fully saturated rings. The minimum absolute atomic E-state index is 0.367. The van der Waals surface area contributed by atoms with Crippen LogP contribution in [-0.2, 0) is 0 Å². The van der Waals surface area contributed by atoms with E-state index in [1.165, 1.54) is 0 Å². The number of benzene rings is 2. The van der Waals surface area contributed by atoms with E-state index >= 15 is 0 Å². The third-order valence-electron chi connectivity index (χ3n) is 3.58. The fourth-order valence-corrected chi connectivity index (χ4v) is 2.38. The monoisotopic (exact) mass is 302 g/mol. The first-order valence-electron chi connectivity index (χ1n) is 7.32. The van der Waals surface area contributed by atoms with Crippen molar-refractivity contribution in [2.75, 3.05) is 5.43 Å². The van der Waals surface area contributed by atoms with Crippen molar-refractivity contribution in [1.82, 2.24) is 9.97 Å². The van der Waals surface area contributed by atoms with Gasteiger partial charge in [0.25, 0.3) is 0 Å². The highest BCUT2D eigenvalue weighted by atomic mass is 16.4. The van der Waals surface area contributed by atoms with Crippen LogP contribution in [0.4, 0.5) is 6.01 Å². The van der Waals surface area contributed by atoms with Gasteiger partial charge in [-0.2, -0.15) is 10.1 Å². The number of nitrogens with zero attached hydrogens (tertiary/aromatic N) is 3. The Morgan fingerprint density at radius 2 is 1.70 bits per heavy atom. The van der Waals surface area contributed by atoms with E-state index in [2.05, 4.69) is 20.5 Å². The van der Waals surface area contributed by atoms with Crippen LogP contribution >= 0.6 is 0 Å². The topological polar surface area (TPSA) is 63.3 Å². The Bertz CT molecular complexity index is 987. The Morgan fingerprint density at radius 3 is 2.57 bits per heavy atom. The molecule has 4 aromatic rings. The molecule has 23 heavy (non-hydrogen) atoms. The maximum absolute atomic E-state index is 5.57. The van der Waals surface area contributed by atoms with Crippen LogP contribution in [0.3, 0.4) is 0 Å². The summed E-state index contributed by atoms with van der Waals surface area (Å²) in [5.41, 5.74) is 6.90. The number of hydrazone groups is 1. The lowest BCUT2D eigenvalue weighted by atomic mass is 10.2. The minimum Gasteiger partial charge on any atom is -0.422 e. The van der Waals surface area contributed by atoms with E-state index in [0.29, 0.717) is 6.01 Å². The van der Waals surface area contributed by atoms with Crippen LogP contribution in [0, 0.1) is 0 Å². The van der Waals surface area contributed by atoms with Crippen LogP contribution < -0.4 is 5.43 Å². The molecule has 0 radical (unpaired) electrons.